The van der Waals surface area contributed by atoms with Crippen molar-refractivity contribution in [3.05, 3.63) is 17.5 Å². The number of rotatable bonds is 13. The molecule has 1 aliphatic rings. The molecule has 1 aromatic heterocycles. The Hall–Kier alpha value is -2.79. The molecule has 32 heavy (non-hydrogen) atoms. The number of ether oxygens (including phenoxy) is 2. The monoisotopic (exact) mass is 452 g/mol. The highest BCUT2D eigenvalue weighted by atomic mass is 16.6. The third kappa shape index (κ3) is 7.41. The number of amides is 3. The number of Topliss-reactive ketones (excluding diaryl/α,β-unsaturated/α-hetero) is 1. The van der Waals surface area contributed by atoms with E-state index in [1.54, 1.807) is 13.8 Å². The number of hydrogen-bond donors (Lipinski definition) is 3. The van der Waals surface area contributed by atoms with E-state index in [0.29, 0.717) is 18.8 Å². The van der Waals surface area contributed by atoms with Gasteiger partial charge in [-0.1, -0.05) is 19.0 Å². The van der Waals surface area contributed by atoms with E-state index in [-0.39, 0.29) is 37.0 Å². The zero-order valence-corrected chi connectivity index (χ0v) is 19.1. The molecule has 1 fully saturated rings. The lowest BCUT2D eigenvalue weighted by atomic mass is 9.93. The van der Waals surface area contributed by atoms with Crippen molar-refractivity contribution in [1.82, 2.24) is 21.1 Å². The average Bonchev–Trinajstić information content (AvgIpc) is 3.33. The number of hydrogen-bond acceptors (Lipinski definition) is 8. The molecular formula is C21H32N4O7. The second kappa shape index (κ2) is 11.2. The maximum Gasteiger partial charge on any atom is 0.274 e. The standard InChI is InChI=1S/C21H32N4O7/c1-12(2)8-15(18(27)21(4)11-31-21)23-17(26)10-22-19(28)14(6-7-30-5)24-20(29)16-9-13(3)32-25-16/h9,12,14-15H,6-8,10-11H2,1-5H3,(H,22,28)(H,23,26)(H,24,29). The van der Waals surface area contributed by atoms with Crippen molar-refractivity contribution in [2.75, 3.05) is 26.9 Å². The van der Waals surface area contributed by atoms with Gasteiger partial charge in [-0.2, -0.15) is 0 Å². The SMILES string of the molecule is COCCC(NC(=O)c1cc(C)on1)C(=O)NCC(=O)NC(CC(C)C)C(=O)C1(C)CO1. The minimum absolute atomic E-state index is 0.0429. The van der Waals surface area contributed by atoms with Gasteiger partial charge in [-0.15, -0.1) is 0 Å². The van der Waals surface area contributed by atoms with Crippen molar-refractivity contribution < 1.29 is 33.2 Å². The number of epoxide rings is 1. The average molecular weight is 453 g/mol. The molecule has 178 valence electrons. The summed E-state index contributed by atoms with van der Waals surface area (Å²) in [5.74, 6) is -1.20. The first-order chi connectivity index (χ1) is 15.1. The molecule has 1 aromatic rings. The van der Waals surface area contributed by atoms with Gasteiger partial charge in [0.25, 0.3) is 5.91 Å². The lowest BCUT2D eigenvalue weighted by molar-refractivity contribution is -0.131. The molecule has 3 amide bonds. The molecule has 2 heterocycles. The van der Waals surface area contributed by atoms with Gasteiger partial charge in [-0.25, -0.2) is 0 Å². The molecule has 0 aromatic carbocycles. The number of nitrogens with zero attached hydrogens (tertiary/aromatic N) is 1. The van der Waals surface area contributed by atoms with E-state index < -0.39 is 35.4 Å². The van der Waals surface area contributed by atoms with Crippen LogP contribution in [0.15, 0.2) is 10.6 Å². The van der Waals surface area contributed by atoms with Crippen LogP contribution in [-0.2, 0) is 23.9 Å². The van der Waals surface area contributed by atoms with Crippen LogP contribution in [0.2, 0.25) is 0 Å². The van der Waals surface area contributed by atoms with Gasteiger partial charge < -0.3 is 29.9 Å². The normalized spacial score (nSPS) is 19.2. The number of aryl methyl sites for hydroxylation is 1. The van der Waals surface area contributed by atoms with Gasteiger partial charge in [0, 0.05) is 19.8 Å². The van der Waals surface area contributed by atoms with Crippen LogP contribution in [0.1, 0.15) is 49.9 Å². The number of ketones is 1. The van der Waals surface area contributed by atoms with Gasteiger partial charge in [-0.3, -0.25) is 19.2 Å². The first-order valence-corrected chi connectivity index (χ1v) is 10.5. The summed E-state index contributed by atoms with van der Waals surface area (Å²) in [6.07, 6.45) is 0.651. The van der Waals surface area contributed by atoms with E-state index in [1.807, 2.05) is 13.8 Å². The predicted octanol–water partition coefficient (Wildman–Crippen LogP) is 0.123. The number of nitrogens with one attached hydrogen (secondary N) is 3. The Balaban J connectivity index is 1.92. The molecule has 11 nitrogen and oxygen atoms in total. The second-order valence-corrected chi connectivity index (χ2v) is 8.48. The molecule has 1 saturated heterocycles. The molecule has 11 heteroatoms. The molecule has 0 spiro atoms. The predicted molar refractivity (Wildman–Crippen MR) is 113 cm³/mol. The summed E-state index contributed by atoms with van der Waals surface area (Å²) in [5, 5.41) is 11.4. The summed E-state index contributed by atoms with van der Waals surface area (Å²) in [6.45, 7) is 7.43. The number of carbonyl (C=O) groups excluding carboxylic acids is 4. The Kier molecular flexibility index (Phi) is 8.90. The maximum atomic E-state index is 12.6. The van der Waals surface area contributed by atoms with Crippen molar-refractivity contribution in [3.8, 4) is 0 Å². The molecule has 0 aliphatic carbocycles. The van der Waals surface area contributed by atoms with E-state index in [0.717, 1.165) is 0 Å². The molecule has 0 radical (unpaired) electrons. The van der Waals surface area contributed by atoms with Crippen LogP contribution in [-0.4, -0.2) is 73.2 Å². The van der Waals surface area contributed by atoms with Crippen molar-refractivity contribution >= 4 is 23.5 Å². The fourth-order valence-corrected chi connectivity index (χ4v) is 3.07. The van der Waals surface area contributed by atoms with Crippen LogP contribution in [0.3, 0.4) is 0 Å². The van der Waals surface area contributed by atoms with Crippen LogP contribution in [0.5, 0.6) is 0 Å². The Morgan fingerprint density at radius 3 is 2.44 bits per heavy atom. The Bertz CT molecular complexity index is 832. The molecule has 3 atom stereocenters. The Morgan fingerprint density at radius 1 is 1.22 bits per heavy atom. The Morgan fingerprint density at radius 2 is 1.91 bits per heavy atom. The first-order valence-electron chi connectivity index (χ1n) is 10.5. The van der Waals surface area contributed by atoms with Gasteiger partial charge in [0.15, 0.2) is 11.5 Å². The summed E-state index contributed by atoms with van der Waals surface area (Å²) < 4.78 is 15.1. The highest BCUT2D eigenvalue weighted by molar-refractivity contribution is 5.98. The lowest BCUT2D eigenvalue weighted by Gasteiger charge is -2.22. The second-order valence-electron chi connectivity index (χ2n) is 8.48. The zero-order valence-electron chi connectivity index (χ0n) is 19.1. The van der Waals surface area contributed by atoms with E-state index in [9.17, 15) is 19.2 Å². The highest BCUT2D eigenvalue weighted by Gasteiger charge is 2.50. The van der Waals surface area contributed by atoms with Crippen LogP contribution >= 0.6 is 0 Å². The Labute approximate surface area is 186 Å². The van der Waals surface area contributed by atoms with Gasteiger partial charge in [0.2, 0.25) is 11.8 Å². The van der Waals surface area contributed by atoms with Gasteiger partial charge >= 0.3 is 0 Å². The zero-order chi connectivity index (χ0) is 23.9. The van der Waals surface area contributed by atoms with Gasteiger partial charge in [-0.05, 0) is 32.6 Å². The quantitative estimate of drug-likeness (QED) is 0.357. The fraction of sp³-hybridized carbons (Fsp3) is 0.667. The third-order valence-electron chi connectivity index (χ3n) is 4.97. The maximum absolute atomic E-state index is 12.6. The molecule has 0 saturated carbocycles. The summed E-state index contributed by atoms with van der Waals surface area (Å²) in [4.78, 5) is 50.0. The topological polar surface area (TPSA) is 152 Å². The van der Waals surface area contributed by atoms with Crippen molar-refractivity contribution in [2.45, 2.75) is 58.2 Å². The number of aromatic nitrogens is 1. The largest absolute Gasteiger partial charge is 0.385 e. The van der Waals surface area contributed by atoms with Gasteiger partial charge in [0.1, 0.15) is 17.4 Å². The van der Waals surface area contributed by atoms with Crippen LogP contribution in [0, 0.1) is 12.8 Å². The molecular weight excluding hydrogens is 420 g/mol. The molecule has 3 unspecified atom stereocenters. The van der Waals surface area contributed by atoms with E-state index in [2.05, 4.69) is 21.1 Å². The summed E-state index contributed by atoms with van der Waals surface area (Å²) in [5.41, 5.74) is -0.813. The molecule has 0 bridgehead atoms. The van der Waals surface area contributed by atoms with Crippen molar-refractivity contribution in [2.24, 2.45) is 5.92 Å². The van der Waals surface area contributed by atoms with E-state index in [4.69, 9.17) is 14.0 Å². The molecule has 1 aliphatic heterocycles. The summed E-state index contributed by atoms with van der Waals surface area (Å²) in [6, 6.07) is -0.199. The summed E-state index contributed by atoms with van der Waals surface area (Å²) in [7, 11) is 1.47. The fourth-order valence-electron chi connectivity index (χ4n) is 3.07. The van der Waals surface area contributed by atoms with Crippen LogP contribution in [0.25, 0.3) is 0 Å². The van der Waals surface area contributed by atoms with Crippen LogP contribution in [0.4, 0.5) is 0 Å². The minimum atomic E-state index is -0.945. The molecule has 2 rings (SSSR count). The smallest absolute Gasteiger partial charge is 0.274 e. The van der Waals surface area contributed by atoms with Crippen LogP contribution < -0.4 is 16.0 Å². The first kappa shape index (κ1) is 25.5. The lowest BCUT2D eigenvalue weighted by Crippen LogP contribution is -2.52. The van der Waals surface area contributed by atoms with E-state index >= 15 is 0 Å². The van der Waals surface area contributed by atoms with Gasteiger partial charge in [0.05, 0.1) is 19.2 Å². The molecule has 3 N–H and O–H groups in total. The minimum Gasteiger partial charge on any atom is -0.385 e. The van der Waals surface area contributed by atoms with Crippen molar-refractivity contribution in [1.29, 1.82) is 0 Å². The number of methoxy groups -OCH3 is 1. The third-order valence-corrected chi connectivity index (χ3v) is 4.97. The van der Waals surface area contributed by atoms with Crippen molar-refractivity contribution in [3.63, 3.8) is 0 Å². The van der Waals surface area contributed by atoms with E-state index in [1.165, 1.54) is 13.2 Å². The summed E-state index contributed by atoms with van der Waals surface area (Å²) >= 11 is 0. The number of carbonyl (C=O) groups is 4. The highest BCUT2D eigenvalue weighted by Crippen LogP contribution is 2.29.